The number of hydrogen-bond acceptors (Lipinski definition) is 4. The van der Waals surface area contributed by atoms with E-state index in [1.54, 1.807) is 18.3 Å². The molecule has 0 unspecified atom stereocenters. The summed E-state index contributed by atoms with van der Waals surface area (Å²) in [5.41, 5.74) is 0.886. The lowest BCUT2D eigenvalue weighted by atomic mass is 10.3. The molecular formula is C14H16ClN3O. The Morgan fingerprint density at radius 1 is 1.26 bits per heavy atom. The molecule has 0 saturated heterocycles. The van der Waals surface area contributed by atoms with Crippen molar-refractivity contribution in [2.24, 2.45) is 0 Å². The van der Waals surface area contributed by atoms with E-state index in [1.807, 2.05) is 19.1 Å². The first kappa shape index (κ1) is 13.6. The van der Waals surface area contributed by atoms with Crippen molar-refractivity contribution in [3.05, 3.63) is 41.0 Å². The van der Waals surface area contributed by atoms with Crippen LogP contribution < -0.4 is 10.1 Å². The number of nitrogens with zero attached hydrogens (tertiary/aromatic N) is 2. The number of aryl methyl sites for hydroxylation is 1. The van der Waals surface area contributed by atoms with Crippen molar-refractivity contribution < 1.29 is 4.74 Å². The van der Waals surface area contributed by atoms with E-state index in [2.05, 4.69) is 22.2 Å². The van der Waals surface area contributed by atoms with Gasteiger partial charge in [-0.05, 0) is 37.6 Å². The van der Waals surface area contributed by atoms with Gasteiger partial charge in [-0.25, -0.2) is 4.98 Å². The van der Waals surface area contributed by atoms with Gasteiger partial charge in [-0.2, -0.15) is 4.98 Å². The Labute approximate surface area is 117 Å². The molecule has 2 aromatic rings. The van der Waals surface area contributed by atoms with Crippen LogP contribution in [0.3, 0.4) is 0 Å². The normalized spacial score (nSPS) is 10.3. The maximum atomic E-state index is 5.84. The van der Waals surface area contributed by atoms with Crippen LogP contribution in [0.5, 0.6) is 11.6 Å². The molecule has 1 aromatic carbocycles. The van der Waals surface area contributed by atoms with Gasteiger partial charge in [0.15, 0.2) is 0 Å². The Hall–Kier alpha value is -1.81. The minimum atomic E-state index is 0.552. The van der Waals surface area contributed by atoms with E-state index in [4.69, 9.17) is 16.3 Å². The summed E-state index contributed by atoms with van der Waals surface area (Å²) in [6.07, 6.45) is 2.76. The SMILES string of the molecule is CCCNc1ncc(C)c(Oc2ccc(Cl)cc2)n1. The van der Waals surface area contributed by atoms with Gasteiger partial charge in [0.1, 0.15) is 5.75 Å². The van der Waals surface area contributed by atoms with Crippen LogP contribution >= 0.6 is 11.6 Å². The average molecular weight is 278 g/mol. The zero-order valence-electron chi connectivity index (χ0n) is 11.0. The Balaban J connectivity index is 2.16. The summed E-state index contributed by atoms with van der Waals surface area (Å²) >= 11 is 5.84. The van der Waals surface area contributed by atoms with Crippen LogP contribution in [0.1, 0.15) is 18.9 Å². The number of hydrogen-bond donors (Lipinski definition) is 1. The molecule has 1 heterocycles. The molecule has 1 aromatic heterocycles. The number of ether oxygens (including phenoxy) is 1. The molecule has 0 bridgehead atoms. The van der Waals surface area contributed by atoms with E-state index in [0.717, 1.165) is 18.5 Å². The highest BCUT2D eigenvalue weighted by Gasteiger charge is 2.06. The fourth-order valence-electron chi connectivity index (χ4n) is 1.47. The van der Waals surface area contributed by atoms with Crippen LogP contribution in [0.2, 0.25) is 5.02 Å². The molecule has 0 spiro atoms. The number of halogens is 1. The molecule has 5 heteroatoms. The highest BCUT2D eigenvalue weighted by molar-refractivity contribution is 6.30. The second kappa shape index (κ2) is 6.38. The maximum absolute atomic E-state index is 5.84. The summed E-state index contributed by atoms with van der Waals surface area (Å²) in [7, 11) is 0. The number of benzene rings is 1. The number of nitrogens with one attached hydrogen (secondary N) is 1. The fraction of sp³-hybridized carbons (Fsp3) is 0.286. The molecule has 0 aliphatic carbocycles. The molecule has 2 rings (SSSR count). The van der Waals surface area contributed by atoms with Crippen molar-refractivity contribution >= 4 is 17.5 Å². The van der Waals surface area contributed by atoms with Crippen LogP contribution in [0, 0.1) is 6.92 Å². The molecule has 100 valence electrons. The largest absolute Gasteiger partial charge is 0.439 e. The molecule has 1 N–H and O–H groups in total. The topological polar surface area (TPSA) is 47.0 Å². The minimum absolute atomic E-state index is 0.552. The monoisotopic (exact) mass is 277 g/mol. The average Bonchev–Trinajstić information content (AvgIpc) is 2.42. The molecule has 0 atom stereocenters. The molecule has 0 aliphatic rings. The van der Waals surface area contributed by atoms with Gasteiger partial charge in [0.2, 0.25) is 11.8 Å². The van der Waals surface area contributed by atoms with Gasteiger partial charge in [-0.15, -0.1) is 0 Å². The summed E-state index contributed by atoms with van der Waals surface area (Å²) < 4.78 is 5.74. The van der Waals surface area contributed by atoms with Crippen LogP contribution in [-0.4, -0.2) is 16.5 Å². The summed E-state index contributed by atoms with van der Waals surface area (Å²) in [5, 5.41) is 3.81. The summed E-state index contributed by atoms with van der Waals surface area (Å²) in [6, 6.07) is 7.18. The van der Waals surface area contributed by atoms with Gasteiger partial charge >= 0.3 is 0 Å². The quantitative estimate of drug-likeness (QED) is 0.895. The fourth-order valence-corrected chi connectivity index (χ4v) is 1.59. The van der Waals surface area contributed by atoms with Crippen molar-refractivity contribution in [3.63, 3.8) is 0 Å². The first-order chi connectivity index (χ1) is 9.19. The predicted molar refractivity (Wildman–Crippen MR) is 77.1 cm³/mol. The number of aromatic nitrogens is 2. The summed E-state index contributed by atoms with van der Waals surface area (Å²) in [5.74, 6) is 1.83. The van der Waals surface area contributed by atoms with Gasteiger partial charge in [-0.1, -0.05) is 18.5 Å². The first-order valence-electron chi connectivity index (χ1n) is 6.20. The van der Waals surface area contributed by atoms with Crippen LogP contribution in [0.15, 0.2) is 30.5 Å². The smallest absolute Gasteiger partial charge is 0.226 e. The Morgan fingerprint density at radius 2 is 2.00 bits per heavy atom. The Kier molecular flexibility index (Phi) is 4.58. The van der Waals surface area contributed by atoms with Gasteiger partial charge in [0.05, 0.1) is 0 Å². The third-order valence-corrected chi connectivity index (χ3v) is 2.74. The third kappa shape index (κ3) is 3.83. The van der Waals surface area contributed by atoms with Gasteiger partial charge < -0.3 is 10.1 Å². The Bertz CT molecular complexity index is 543. The van der Waals surface area contributed by atoms with Crippen LogP contribution in [0.4, 0.5) is 5.95 Å². The molecule has 0 saturated carbocycles. The zero-order valence-corrected chi connectivity index (χ0v) is 11.7. The zero-order chi connectivity index (χ0) is 13.7. The van der Waals surface area contributed by atoms with E-state index in [0.29, 0.717) is 22.6 Å². The van der Waals surface area contributed by atoms with E-state index in [9.17, 15) is 0 Å². The van der Waals surface area contributed by atoms with Crippen LogP contribution in [0.25, 0.3) is 0 Å². The van der Waals surface area contributed by atoms with Crippen molar-refractivity contribution in [2.75, 3.05) is 11.9 Å². The van der Waals surface area contributed by atoms with Crippen molar-refractivity contribution in [3.8, 4) is 11.6 Å². The van der Waals surface area contributed by atoms with Crippen molar-refractivity contribution in [1.82, 2.24) is 9.97 Å². The van der Waals surface area contributed by atoms with E-state index in [-0.39, 0.29) is 0 Å². The molecular weight excluding hydrogens is 262 g/mol. The van der Waals surface area contributed by atoms with Gasteiger partial charge in [0, 0.05) is 23.3 Å². The lowest BCUT2D eigenvalue weighted by molar-refractivity contribution is 0.458. The van der Waals surface area contributed by atoms with E-state index >= 15 is 0 Å². The third-order valence-electron chi connectivity index (χ3n) is 2.49. The highest BCUT2D eigenvalue weighted by Crippen LogP contribution is 2.24. The lowest BCUT2D eigenvalue weighted by Crippen LogP contribution is -2.05. The molecule has 0 radical (unpaired) electrons. The van der Waals surface area contributed by atoms with E-state index < -0.39 is 0 Å². The molecule has 0 amide bonds. The standard InChI is InChI=1S/C14H16ClN3O/c1-3-8-16-14-17-9-10(2)13(18-14)19-12-6-4-11(15)5-7-12/h4-7,9H,3,8H2,1-2H3,(H,16,17,18). The lowest BCUT2D eigenvalue weighted by Gasteiger charge is -2.09. The van der Waals surface area contributed by atoms with Gasteiger partial charge in [0.25, 0.3) is 0 Å². The summed E-state index contributed by atoms with van der Waals surface area (Å²) in [6.45, 7) is 4.84. The molecule has 4 nitrogen and oxygen atoms in total. The second-order valence-electron chi connectivity index (χ2n) is 4.16. The van der Waals surface area contributed by atoms with Crippen molar-refractivity contribution in [1.29, 1.82) is 0 Å². The first-order valence-corrected chi connectivity index (χ1v) is 6.57. The number of rotatable bonds is 5. The molecule has 0 aliphatic heterocycles. The van der Waals surface area contributed by atoms with E-state index in [1.165, 1.54) is 0 Å². The molecule has 19 heavy (non-hydrogen) atoms. The molecule has 0 fully saturated rings. The summed E-state index contributed by atoms with van der Waals surface area (Å²) in [4.78, 5) is 8.56. The van der Waals surface area contributed by atoms with Crippen molar-refractivity contribution in [2.45, 2.75) is 20.3 Å². The predicted octanol–water partition coefficient (Wildman–Crippen LogP) is 4.05. The Morgan fingerprint density at radius 3 is 2.68 bits per heavy atom. The van der Waals surface area contributed by atoms with Crippen LogP contribution in [-0.2, 0) is 0 Å². The highest BCUT2D eigenvalue weighted by atomic mass is 35.5. The van der Waals surface area contributed by atoms with Gasteiger partial charge in [-0.3, -0.25) is 0 Å². The second-order valence-corrected chi connectivity index (χ2v) is 4.60. The number of anilines is 1. The minimum Gasteiger partial charge on any atom is -0.439 e. The maximum Gasteiger partial charge on any atom is 0.226 e.